The third-order valence-electron chi connectivity index (χ3n) is 3.25. The van der Waals surface area contributed by atoms with Crippen molar-refractivity contribution in [2.45, 2.75) is 26.3 Å². The molecular formula is C13H18BrNO. The van der Waals surface area contributed by atoms with Crippen LogP contribution in [-0.2, 0) is 6.54 Å². The van der Waals surface area contributed by atoms with Crippen LogP contribution in [0.5, 0.6) is 5.75 Å². The third-order valence-corrected chi connectivity index (χ3v) is 3.74. The van der Waals surface area contributed by atoms with Crippen molar-refractivity contribution in [2.75, 3.05) is 6.54 Å². The van der Waals surface area contributed by atoms with E-state index in [9.17, 15) is 5.11 Å². The van der Waals surface area contributed by atoms with E-state index in [2.05, 4.69) is 28.2 Å². The SMILES string of the molecule is CC(CNCc1cc(Br)ccc1O)C1CC1. The Kier molecular flexibility index (Phi) is 3.87. The Bertz CT molecular complexity index is 363. The first kappa shape index (κ1) is 11.9. The molecule has 0 aromatic heterocycles. The standard InChI is InChI=1S/C13H18BrNO/c1-9(10-2-3-10)7-15-8-11-6-12(14)4-5-13(11)16/h4-6,9-10,15-16H,2-3,7-8H2,1H3. The summed E-state index contributed by atoms with van der Waals surface area (Å²) in [6, 6.07) is 5.54. The van der Waals surface area contributed by atoms with E-state index in [-0.39, 0.29) is 0 Å². The molecule has 0 radical (unpaired) electrons. The lowest BCUT2D eigenvalue weighted by Gasteiger charge is -2.12. The first-order valence-electron chi connectivity index (χ1n) is 5.85. The summed E-state index contributed by atoms with van der Waals surface area (Å²) in [5.41, 5.74) is 0.956. The van der Waals surface area contributed by atoms with Crippen LogP contribution in [0.15, 0.2) is 22.7 Å². The molecule has 1 fully saturated rings. The van der Waals surface area contributed by atoms with E-state index < -0.39 is 0 Å². The number of benzene rings is 1. The summed E-state index contributed by atoms with van der Waals surface area (Å²) in [6.07, 6.45) is 2.79. The molecule has 1 saturated carbocycles. The number of phenols is 1. The zero-order chi connectivity index (χ0) is 11.5. The van der Waals surface area contributed by atoms with Crippen molar-refractivity contribution in [3.63, 3.8) is 0 Å². The Morgan fingerprint density at radius 1 is 1.50 bits per heavy atom. The number of phenolic OH excluding ortho intramolecular Hbond substituents is 1. The number of nitrogens with one attached hydrogen (secondary N) is 1. The van der Waals surface area contributed by atoms with Crippen molar-refractivity contribution < 1.29 is 5.11 Å². The van der Waals surface area contributed by atoms with Crippen LogP contribution in [0.2, 0.25) is 0 Å². The molecule has 1 aromatic carbocycles. The number of halogens is 1. The average molecular weight is 284 g/mol. The highest BCUT2D eigenvalue weighted by Gasteiger charge is 2.27. The van der Waals surface area contributed by atoms with Gasteiger partial charge in [-0.2, -0.15) is 0 Å². The maximum atomic E-state index is 9.66. The maximum absolute atomic E-state index is 9.66. The van der Waals surface area contributed by atoms with Crippen LogP contribution in [0.4, 0.5) is 0 Å². The molecule has 2 rings (SSSR count). The predicted molar refractivity (Wildman–Crippen MR) is 69.4 cm³/mol. The number of rotatable bonds is 5. The molecule has 0 bridgehead atoms. The molecule has 16 heavy (non-hydrogen) atoms. The summed E-state index contributed by atoms with van der Waals surface area (Å²) < 4.78 is 1.01. The van der Waals surface area contributed by atoms with Crippen LogP contribution in [0.1, 0.15) is 25.3 Å². The molecule has 3 heteroatoms. The average Bonchev–Trinajstić information content (AvgIpc) is 3.06. The molecule has 88 valence electrons. The molecule has 1 unspecified atom stereocenters. The fourth-order valence-electron chi connectivity index (χ4n) is 1.96. The number of aromatic hydroxyl groups is 1. The van der Waals surface area contributed by atoms with Crippen molar-refractivity contribution in [3.8, 4) is 5.75 Å². The first-order chi connectivity index (χ1) is 7.66. The van der Waals surface area contributed by atoms with Crippen molar-refractivity contribution in [1.82, 2.24) is 5.32 Å². The summed E-state index contributed by atoms with van der Waals surface area (Å²) in [6.45, 7) is 4.07. The van der Waals surface area contributed by atoms with Gasteiger partial charge in [-0.15, -0.1) is 0 Å². The van der Waals surface area contributed by atoms with E-state index in [1.165, 1.54) is 12.8 Å². The smallest absolute Gasteiger partial charge is 0.120 e. The van der Waals surface area contributed by atoms with Crippen LogP contribution in [0.25, 0.3) is 0 Å². The lowest BCUT2D eigenvalue weighted by molar-refractivity contribution is 0.444. The van der Waals surface area contributed by atoms with Crippen LogP contribution in [0, 0.1) is 11.8 Å². The third kappa shape index (κ3) is 3.22. The fraction of sp³-hybridized carbons (Fsp3) is 0.538. The molecule has 0 spiro atoms. The summed E-state index contributed by atoms with van der Waals surface area (Å²) in [5, 5.41) is 13.1. The normalized spacial score (nSPS) is 17.4. The maximum Gasteiger partial charge on any atom is 0.120 e. The van der Waals surface area contributed by atoms with Gasteiger partial charge in [0.1, 0.15) is 5.75 Å². The summed E-state index contributed by atoms with van der Waals surface area (Å²) >= 11 is 3.41. The van der Waals surface area contributed by atoms with Gasteiger partial charge in [0.05, 0.1) is 0 Å². The number of hydrogen-bond acceptors (Lipinski definition) is 2. The van der Waals surface area contributed by atoms with Gasteiger partial charge in [0.25, 0.3) is 0 Å². The minimum Gasteiger partial charge on any atom is -0.508 e. The van der Waals surface area contributed by atoms with Gasteiger partial charge in [0, 0.05) is 16.6 Å². The molecule has 0 heterocycles. The zero-order valence-electron chi connectivity index (χ0n) is 9.54. The molecular weight excluding hydrogens is 266 g/mol. The van der Waals surface area contributed by atoms with E-state index in [0.29, 0.717) is 5.75 Å². The minimum absolute atomic E-state index is 0.370. The molecule has 0 amide bonds. The molecule has 1 aromatic rings. The molecule has 1 atom stereocenters. The lowest BCUT2D eigenvalue weighted by Crippen LogP contribution is -2.21. The molecule has 2 nitrogen and oxygen atoms in total. The summed E-state index contributed by atoms with van der Waals surface area (Å²) in [5.74, 6) is 2.06. The van der Waals surface area contributed by atoms with Gasteiger partial charge in [-0.3, -0.25) is 0 Å². The predicted octanol–water partition coefficient (Wildman–Crippen LogP) is 3.29. The molecule has 0 aliphatic heterocycles. The Labute approximate surface area is 105 Å². The van der Waals surface area contributed by atoms with E-state index in [1.54, 1.807) is 6.07 Å². The summed E-state index contributed by atoms with van der Waals surface area (Å²) in [7, 11) is 0. The highest BCUT2D eigenvalue weighted by atomic mass is 79.9. The van der Waals surface area contributed by atoms with Gasteiger partial charge in [0.15, 0.2) is 0 Å². The van der Waals surface area contributed by atoms with Crippen LogP contribution in [0.3, 0.4) is 0 Å². The first-order valence-corrected chi connectivity index (χ1v) is 6.64. The van der Waals surface area contributed by atoms with E-state index in [4.69, 9.17) is 0 Å². The Hall–Kier alpha value is -0.540. The number of hydrogen-bond donors (Lipinski definition) is 2. The van der Waals surface area contributed by atoms with Crippen LogP contribution < -0.4 is 5.32 Å². The monoisotopic (exact) mass is 283 g/mol. The van der Waals surface area contributed by atoms with Crippen LogP contribution in [-0.4, -0.2) is 11.7 Å². The highest BCUT2D eigenvalue weighted by molar-refractivity contribution is 9.10. The quantitative estimate of drug-likeness (QED) is 0.869. The Morgan fingerprint density at radius 2 is 2.25 bits per heavy atom. The second kappa shape index (κ2) is 5.19. The Balaban J connectivity index is 1.81. The lowest BCUT2D eigenvalue weighted by atomic mass is 10.1. The fourth-order valence-corrected chi connectivity index (χ4v) is 2.37. The second-order valence-electron chi connectivity index (χ2n) is 4.72. The van der Waals surface area contributed by atoms with Gasteiger partial charge in [-0.1, -0.05) is 22.9 Å². The largest absolute Gasteiger partial charge is 0.508 e. The summed E-state index contributed by atoms with van der Waals surface area (Å²) in [4.78, 5) is 0. The van der Waals surface area contributed by atoms with Gasteiger partial charge in [0.2, 0.25) is 0 Å². The zero-order valence-corrected chi connectivity index (χ0v) is 11.1. The van der Waals surface area contributed by atoms with Crippen molar-refractivity contribution in [2.24, 2.45) is 11.8 Å². The van der Waals surface area contributed by atoms with E-state index >= 15 is 0 Å². The molecule has 2 N–H and O–H groups in total. The van der Waals surface area contributed by atoms with Crippen LogP contribution >= 0.6 is 15.9 Å². The van der Waals surface area contributed by atoms with Gasteiger partial charge >= 0.3 is 0 Å². The minimum atomic E-state index is 0.370. The van der Waals surface area contributed by atoms with Gasteiger partial charge in [-0.05, 0) is 49.4 Å². The van der Waals surface area contributed by atoms with Gasteiger partial charge in [-0.25, -0.2) is 0 Å². The molecule has 1 aliphatic rings. The highest BCUT2D eigenvalue weighted by Crippen LogP contribution is 2.36. The van der Waals surface area contributed by atoms with Crippen molar-refractivity contribution in [1.29, 1.82) is 0 Å². The molecule has 0 saturated heterocycles. The Morgan fingerprint density at radius 3 is 2.94 bits per heavy atom. The van der Waals surface area contributed by atoms with Crippen molar-refractivity contribution >= 4 is 15.9 Å². The topological polar surface area (TPSA) is 32.3 Å². The van der Waals surface area contributed by atoms with Crippen molar-refractivity contribution in [3.05, 3.63) is 28.2 Å². The van der Waals surface area contributed by atoms with E-state index in [1.807, 2.05) is 12.1 Å². The van der Waals surface area contributed by atoms with Gasteiger partial charge < -0.3 is 10.4 Å². The molecule has 1 aliphatic carbocycles. The second-order valence-corrected chi connectivity index (χ2v) is 5.63. The van der Waals surface area contributed by atoms with E-state index in [0.717, 1.165) is 35.0 Å².